The maximum Gasteiger partial charge on any atom is 0.262 e. The van der Waals surface area contributed by atoms with Gasteiger partial charge in [-0.2, -0.15) is 4.31 Å². The Balaban J connectivity index is 2.30. The van der Waals surface area contributed by atoms with Crippen LogP contribution in [0.2, 0.25) is 0 Å². The Labute approximate surface area is 95.1 Å². The van der Waals surface area contributed by atoms with Gasteiger partial charge in [0, 0.05) is 20.6 Å². The fourth-order valence-corrected chi connectivity index (χ4v) is 3.09. The number of imidazole rings is 1. The van der Waals surface area contributed by atoms with Crippen molar-refractivity contribution < 1.29 is 8.42 Å². The quantitative estimate of drug-likeness (QED) is 0.810. The van der Waals surface area contributed by atoms with Gasteiger partial charge < -0.3 is 10.3 Å². The molecule has 90 valence electrons. The summed E-state index contributed by atoms with van der Waals surface area (Å²) in [4.78, 5) is 3.79. The van der Waals surface area contributed by atoms with Crippen LogP contribution in [0, 0.1) is 5.92 Å². The van der Waals surface area contributed by atoms with Crippen LogP contribution in [0.3, 0.4) is 0 Å². The molecule has 0 spiro atoms. The van der Waals surface area contributed by atoms with Gasteiger partial charge >= 0.3 is 0 Å². The Hall–Kier alpha value is -1.08. The number of nitrogens with two attached hydrogens (primary N) is 1. The number of sulfonamides is 1. The van der Waals surface area contributed by atoms with Gasteiger partial charge in [0.15, 0.2) is 10.8 Å². The molecule has 1 aliphatic rings. The first kappa shape index (κ1) is 11.4. The zero-order valence-corrected chi connectivity index (χ0v) is 10.2. The largest absolute Gasteiger partial charge is 0.381 e. The van der Waals surface area contributed by atoms with Crippen LogP contribution in [-0.2, 0) is 17.1 Å². The van der Waals surface area contributed by atoms with Crippen LogP contribution in [0.4, 0.5) is 5.82 Å². The van der Waals surface area contributed by atoms with Crippen LogP contribution in [0.25, 0.3) is 0 Å². The van der Waals surface area contributed by atoms with Crippen LogP contribution >= 0.6 is 0 Å². The maximum absolute atomic E-state index is 12.2. The van der Waals surface area contributed by atoms with Crippen molar-refractivity contribution in [3.8, 4) is 0 Å². The summed E-state index contributed by atoms with van der Waals surface area (Å²) in [5.74, 6) is 0.569. The van der Waals surface area contributed by atoms with E-state index in [1.54, 1.807) is 14.1 Å². The fourth-order valence-electron chi connectivity index (χ4n) is 1.66. The highest BCUT2D eigenvalue weighted by atomic mass is 32.2. The molecule has 7 heteroatoms. The van der Waals surface area contributed by atoms with Crippen molar-refractivity contribution in [1.29, 1.82) is 0 Å². The molecule has 1 fully saturated rings. The van der Waals surface area contributed by atoms with Crippen molar-refractivity contribution >= 4 is 15.8 Å². The van der Waals surface area contributed by atoms with E-state index in [9.17, 15) is 8.42 Å². The third kappa shape index (κ3) is 1.92. The van der Waals surface area contributed by atoms with Crippen molar-refractivity contribution in [3.05, 3.63) is 6.33 Å². The Morgan fingerprint density at radius 1 is 1.62 bits per heavy atom. The van der Waals surface area contributed by atoms with E-state index in [1.165, 1.54) is 15.2 Å². The SMILES string of the molecule is CN(CC1CC1)S(=O)(=O)c1c(N)ncn1C. The Morgan fingerprint density at radius 3 is 2.69 bits per heavy atom. The van der Waals surface area contributed by atoms with Gasteiger partial charge in [-0.05, 0) is 18.8 Å². The number of anilines is 1. The second-order valence-corrected chi connectivity index (χ2v) is 6.23. The zero-order chi connectivity index (χ0) is 11.9. The summed E-state index contributed by atoms with van der Waals surface area (Å²) in [6, 6.07) is 0. The minimum Gasteiger partial charge on any atom is -0.381 e. The molecule has 1 aromatic rings. The second-order valence-electron chi connectivity index (χ2n) is 4.27. The Bertz CT molecular complexity index is 470. The molecule has 2 N–H and O–H groups in total. The van der Waals surface area contributed by atoms with Crippen molar-refractivity contribution in [3.63, 3.8) is 0 Å². The van der Waals surface area contributed by atoms with Gasteiger partial charge in [0.1, 0.15) is 0 Å². The van der Waals surface area contributed by atoms with E-state index < -0.39 is 10.0 Å². The molecule has 0 radical (unpaired) electrons. The highest BCUT2D eigenvalue weighted by Gasteiger charge is 2.32. The van der Waals surface area contributed by atoms with E-state index in [0.717, 1.165) is 12.8 Å². The summed E-state index contributed by atoms with van der Waals surface area (Å²) in [5, 5.41) is 0.0793. The number of aromatic nitrogens is 2. The summed E-state index contributed by atoms with van der Waals surface area (Å²) in [5.41, 5.74) is 5.57. The summed E-state index contributed by atoms with van der Waals surface area (Å²) < 4.78 is 27.2. The van der Waals surface area contributed by atoms with E-state index in [-0.39, 0.29) is 10.8 Å². The lowest BCUT2D eigenvalue weighted by Crippen LogP contribution is -2.30. The standard InChI is InChI=1S/C9H16N4O2S/c1-12-6-11-8(10)9(12)16(14,15)13(2)5-7-3-4-7/h6-7H,3-5,10H2,1-2H3. The third-order valence-corrected chi connectivity index (χ3v) is 4.73. The lowest BCUT2D eigenvalue weighted by atomic mass is 10.4. The molecule has 16 heavy (non-hydrogen) atoms. The highest BCUT2D eigenvalue weighted by molar-refractivity contribution is 7.89. The average Bonchev–Trinajstić information content (AvgIpc) is 2.92. The molecule has 0 bridgehead atoms. The summed E-state index contributed by atoms with van der Waals surface area (Å²) >= 11 is 0. The fraction of sp³-hybridized carbons (Fsp3) is 0.667. The molecular weight excluding hydrogens is 228 g/mol. The van der Waals surface area contributed by atoms with Crippen LogP contribution < -0.4 is 5.73 Å². The lowest BCUT2D eigenvalue weighted by Gasteiger charge is -2.17. The Morgan fingerprint density at radius 2 is 2.25 bits per heavy atom. The molecule has 6 nitrogen and oxygen atoms in total. The number of nitrogens with zero attached hydrogens (tertiary/aromatic N) is 3. The van der Waals surface area contributed by atoms with Gasteiger partial charge in [-0.3, -0.25) is 0 Å². The van der Waals surface area contributed by atoms with E-state index in [2.05, 4.69) is 4.98 Å². The monoisotopic (exact) mass is 244 g/mol. The predicted molar refractivity (Wildman–Crippen MR) is 60.2 cm³/mol. The molecular formula is C9H16N4O2S. The molecule has 0 saturated heterocycles. The normalized spacial score (nSPS) is 16.9. The minimum absolute atomic E-state index is 0.0603. The summed E-state index contributed by atoms with van der Waals surface area (Å²) in [7, 11) is -0.294. The number of aryl methyl sites for hydroxylation is 1. The van der Waals surface area contributed by atoms with Crippen molar-refractivity contribution in [2.45, 2.75) is 17.9 Å². The highest BCUT2D eigenvalue weighted by Crippen LogP contribution is 2.31. The van der Waals surface area contributed by atoms with Gasteiger partial charge in [-0.25, -0.2) is 13.4 Å². The number of nitrogen functional groups attached to an aromatic ring is 1. The molecule has 0 atom stereocenters. The van der Waals surface area contributed by atoms with Gasteiger partial charge in [0.25, 0.3) is 10.0 Å². The Kier molecular flexibility index (Phi) is 2.67. The van der Waals surface area contributed by atoms with E-state index in [0.29, 0.717) is 12.5 Å². The van der Waals surface area contributed by atoms with Crippen LogP contribution in [-0.4, -0.2) is 35.9 Å². The number of rotatable bonds is 4. The molecule has 0 aliphatic heterocycles. The molecule has 1 saturated carbocycles. The van der Waals surface area contributed by atoms with E-state index in [4.69, 9.17) is 5.73 Å². The van der Waals surface area contributed by atoms with Crippen LogP contribution in [0.15, 0.2) is 11.4 Å². The summed E-state index contributed by atoms with van der Waals surface area (Å²) in [6.07, 6.45) is 3.63. The third-order valence-electron chi connectivity index (χ3n) is 2.78. The molecule has 0 aromatic carbocycles. The molecule has 0 unspecified atom stereocenters. The summed E-state index contributed by atoms with van der Waals surface area (Å²) in [6.45, 7) is 0.562. The zero-order valence-electron chi connectivity index (χ0n) is 9.42. The molecule has 1 aliphatic carbocycles. The van der Waals surface area contributed by atoms with Crippen molar-refractivity contribution in [2.75, 3.05) is 19.3 Å². The van der Waals surface area contributed by atoms with Gasteiger partial charge in [-0.15, -0.1) is 0 Å². The molecule has 2 rings (SSSR count). The molecule has 1 heterocycles. The minimum atomic E-state index is -3.50. The van der Waals surface area contributed by atoms with Gasteiger partial charge in [0.2, 0.25) is 0 Å². The number of hydrogen-bond donors (Lipinski definition) is 1. The molecule has 1 aromatic heterocycles. The van der Waals surface area contributed by atoms with Crippen LogP contribution in [0.1, 0.15) is 12.8 Å². The first-order chi connectivity index (χ1) is 7.43. The average molecular weight is 244 g/mol. The second kappa shape index (κ2) is 3.74. The van der Waals surface area contributed by atoms with Crippen molar-refractivity contribution in [2.24, 2.45) is 13.0 Å². The molecule has 0 amide bonds. The van der Waals surface area contributed by atoms with E-state index in [1.807, 2.05) is 0 Å². The maximum atomic E-state index is 12.2. The first-order valence-corrected chi connectivity index (χ1v) is 6.60. The van der Waals surface area contributed by atoms with Crippen LogP contribution in [0.5, 0.6) is 0 Å². The van der Waals surface area contributed by atoms with Crippen molar-refractivity contribution in [1.82, 2.24) is 13.9 Å². The lowest BCUT2D eigenvalue weighted by molar-refractivity contribution is 0.448. The van der Waals surface area contributed by atoms with E-state index >= 15 is 0 Å². The van der Waals surface area contributed by atoms with Gasteiger partial charge in [0.05, 0.1) is 6.33 Å². The smallest absolute Gasteiger partial charge is 0.262 e. The first-order valence-electron chi connectivity index (χ1n) is 5.16. The van der Waals surface area contributed by atoms with Gasteiger partial charge in [-0.1, -0.05) is 0 Å². The predicted octanol–water partition coefficient (Wildman–Crippen LogP) is 0.0328. The number of hydrogen-bond acceptors (Lipinski definition) is 4. The topological polar surface area (TPSA) is 81.2 Å².